The average molecular weight is 1090 g/mol. The van der Waals surface area contributed by atoms with Crippen molar-refractivity contribution in [1.29, 1.82) is 0 Å². The minimum absolute atomic E-state index is 0.300. The standard InChI is InChI=1S/2C25H27ClN2O2S.2C2H2O4/c2*1-16-11-17(25-13-18-12-19(26)5-6-24(18)31-25)8-10-28(16)14-20(29)15-30-23-4-2-3-22-21(23)7-9-27-22;2*3-1(4)2(5)6/h2*2-7,9,12-13,16-17,20,27,29H,8,10-11,14-15H2,1H3;2*(H,3,4)(H,5,6)/t16-,17-,20+;16-,17-,20-;;/m10../s1. The van der Waals surface area contributed by atoms with Gasteiger partial charge in [-0.2, -0.15) is 0 Å². The lowest BCUT2D eigenvalue weighted by atomic mass is 9.90. The van der Waals surface area contributed by atoms with Gasteiger partial charge in [-0.15, -0.1) is 22.7 Å². The Morgan fingerprint density at radius 1 is 0.595 bits per heavy atom. The van der Waals surface area contributed by atoms with Crippen molar-refractivity contribution >= 4 is 112 Å². The van der Waals surface area contributed by atoms with Crippen LogP contribution in [-0.2, 0) is 19.2 Å². The van der Waals surface area contributed by atoms with E-state index >= 15 is 0 Å². The molecule has 4 aromatic carbocycles. The number of nitrogens with zero attached hydrogens (tertiary/aromatic N) is 2. The molecule has 20 heteroatoms. The number of thiophene rings is 2. The molecule has 0 aliphatic carbocycles. The number of fused-ring (bicyclic) bond motifs is 4. The Labute approximate surface area is 444 Å². The zero-order valence-electron chi connectivity index (χ0n) is 40.5. The molecule has 0 bridgehead atoms. The Hall–Kier alpha value is -6.22. The van der Waals surface area contributed by atoms with Crippen molar-refractivity contribution in [3.8, 4) is 11.5 Å². The van der Waals surface area contributed by atoms with E-state index < -0.39 is 36.1 Å². The van der Waals surface area contributed by atoms with Crippen LogP contribution in [0.15, 0.2) is 109 Å². The van der Waals surface area contributed by atoms with Gasteiger partial charge in [0.05, 0.1) is 0 Å². The molecule has 10 rings (SSSR count). The Balaban J connectivity index is 0.000000177. The quantitative estimate of drug-likeness (QED) is 0.0531. The molecule has 0 spiro atoms. The highest BCUT2D eigenvalue weighted by molar-refractivity contribution is 7.19. The number of aliphatic hydroxyl groups is 2. The number of aliphatic hydroxyl groups excluding tert-OH is 2. The summed E-state index contributed by atoms with van der Waals surface area (Å²) in [5, 5.41) is 57.0. The van der Waals surface area contributed by atoms with Gasteiger partial charge in [0.25, 0.3) is 0 Å². The molecule has 2 aliphatic rings. The molecule has 2 fully saturated rings. The number of aliphatic carboxylic acids is 4. The van der Waals surface area contributed by atoms with Crippen molar-refractivity contribution in [3.63, 3.8) is 0 Å². The zero-order valence-corrected chi connectivity index (χ0v) is 43.7. The van der Waals surface area contributed by atoms with Gasteiger partial charge in [0.2, 0.25) is 0 Å². The fraction of sp³-hybridized carbons (Fsp3) is 0.333. The van der Waals surface area contributed by atoms with Crippen LogP contribution in [0.5, 0.6) is 11.5 Å². The first-order chi connectivity index (χ1) is 35.4. The van der Waals surface area contributed by atoms with E-state index in [1.54, 1.807) is 0 Å². The number of hydrogen-bond acceptors (Lipinski definition) is 12. The largest absolute Gasteiger partial charge is 0.490 e. The van der Waals surface area contributed by atoms with E-state index in [0.29, 0.717) is 50.2 Å². The molecule has 6 atom stereocenters. The van der Waals surface area contributed by atoms with E-state index in [-0.39, 0.29) is 0 Å². The van der Waals surface area contributed by atoms with Crippen molar-refractivity contribution in [2.75, 3.05) is 39.4 Å². The van der Waals surface area contributed by atoms with Crippen LogP contribution < -0.4 is 9.47 Å². The summed E-state index contributed by atoms with van der Waals surface area (Å²) in [6.45, 7) is 8.39. The third kappa shape index (κ3) is 15.0. The fourth-order valence-corrected chi connectivity index (χ4v) is 12.1. The normalized spacial score (nSPS) is 18.8. The highest BCUT2D eigenvalue weighted by Gasteiger charge is 2.30. The summed E-state index contributed by atoms with van der Waals surface area (Å²) in [4.78, 5) is 50.5. The van der Waals surface area contributed by atoms with Crippen LogP contribution in [0.3, 0.4) is 0 Å². The van der Waals surface area contributed by atoms with Gasteiger partial charge in [-0.25, -0.2) is 19.2 Å². The molecule has 8 N–H and O–H groups in total. The average Bonchev–Trinajstić information content (AvgIpc) is 4.21. The Bertz CT molecular complexity index is 2960. The lowest BCUT2D eigenvalue weighted by Gasteiger charge is -2.38. The van der Waals surface area contributed by atoms with Gasteiger partial charge in [0.1, 0.15) is 36.9 Å². The number of rotatable bonds is 12. The molecule has 0 radical (unpaired) electrons. The number of halogens is 2. The molecule has 8 aromatic rings. The molecule has 74 heavy (non-hydrogen) atoms. The monoisotopic (exact) mass is 1090 g/mol. The van der Waals surface area contributed by atoms with Gasteiger partial charge in [-0.1, -0.05) is 35.3 Å². The minimum atomic E-state index is -1.82. The molecule has 0 saturated carbocycles. The predicted molar refractivity (Wildman–Crippen MR) is 290 cm³/mol. The molecular weight excluding hydrogens is 1030 g/mol. The first-order valence-electron chi connectivity index (χ1n) is 23.9. The number of β-amino-alcohol motifs (C(OH)–C–C–N with tert-alkyl or cyclic N) is 2. The second-order valence-electron chi connectivity index (χ2n) is 18.3. The summed E-state index contributed by atoms with van der Waals surface area (Å²) >= 11 is 16.1. The molecule has 6 heterocycles. The molecule has 4 aromatic heterocycles. The summed E-state index contributed by atoms with van der Waals surface area (Å²) in [6.07, 6.45) is 7.23. The molecule has 392 valence electrons. The molecule has 16 nitrogen and oxygen atoms in total. The second-order valence-corrected chi connectivity index (χ2v) is 21.4. The molecule has 0 unspecified atom stereocenters. The molecule has 0 amide bonds. The Kier molecular flexibility index (Phi) is 19.4. The first kappa shape index (κ1) is 55.5. The van der Waals surface area contributed by atoms with Gasteiger partial charge < -0.3 is 50.1 Å². The number of H-pyrrole nitrogens is 2. The van der Waals surface area contributed by atoms with Gasteiger partial charge in [-0.3, -0.25) is 9.80 Å². The number of carbonyl (C=O) groups is 4. The highest BCUT2D eigenvalue weighted by Crippen LogP contribution is 2.40. The van der Waals surface area contributed by atoms with Crippen LogP contribution in [0.2, 0.25) is 10.0 Å². The highest BCUT2D eigenvalue weighted by atomic mass is 35.5. The lowest BCUT2D eigenvalue weighted by molar-refractivity contribution is -0.159. The van der Waals surface area contributed by atoms with Crippen molar-refractivity contribution < 1.29 is 59.3 Å². The van der Waals surface area contributed by atoms with Crippen LogP contribution in [0.1, 0.15) is 61.1 Å². The maximum atomic E-state index is 10.6. The maximum Gasteiger partial charge on any atom is 0.414 e. The number of hydrogen-bond donors (Lipinski definition) is 8. The molecule has 2 saturated heterocycles. The number of nitrogens with one attached hydrogen (secondary N) is 2. The van der Waals surface area contributed by atoms with Gasteiger partial charge in [0.15, 0.2) is 0 Å². The number of piperidine rings is 2. The van der Waals surface area contributed by atoms with E-state index in [0.717, 1.165) is 82.1 Å². The van der Waals surface area contributed by atoms with Gasteiger partial charge >= 0.3 is 23.9 Å². The predicted octanol–water partition coefficient (Wildman–Crippen LogP) is 10.4. The van der Waals surface area contributed by atoms with E-state index in [4.69, 9.17) is 72.3 Å². The topological polar surface area (TPSA) is 246 Å². The Morgan fingerprint density at radius 3 is 1.35 bits per heavy atom. The van der Waals surface area contributed by atoms with Crippen LogP contribution in [-0.4, -0.2) is 138 Å². The van der Waals surface area contributed by atoms with Gasteiger partial charge in [0, 0.05) is 88.6 Å². The van der Waals surface area contributed by atoms with Crippen molar-refractivity contribution in [2.24, 2.45) is 0 Å². The number of benzene rings is 4. The van der Waals surface area contributed by atoms with E-state index in [1.807, 2.05) is 95.7 Å². The first-order valence-corrected chi connectivity index (χ1v) is 26.3. The third-order valence-corrected chi connectivity index (χ3v) is 16.1. The van der Waals surface area contributed by atoms with Gasteiger partial charge in [-0.05, 0) is 160 Å². The second kappa shape index (κ2) is 25.8. The summed E-state index contributed by atoms with van der Waals surface area (Å²) in [7, 11) is 0. The summed E-state index contributed by atoms with van der Waals surface area (Å²) < 4.78 is 14.5. The van der Waals surface area contributed by atoms with Crippen LogP contribution >= 0.6 is 45.9 Å². The summed E-state index contributed by atoms with van der Waals surface area (Å²) in [5.74, 6) is -4.53. The van der Waals surface area contributed by atoms with E-state index in [2.05, 4.69) is 70.0 Å². The zero-order chi connectivity index (χ0) is 53.1. The van der Waals surface area contributed by atoms with Crippen molar-refractivity contribution in [2.45, 2.75) is 75.7 Å². The summed E-state index contributed by atoms with van der Waals surface area (Å²) in [5.41, 5.74) is 2.09. The van der Waals surface area contributed by atoms with Crippen LogP contribution in [0, 0.1) is 0 Å². The Morgan fingerprint density at radius 2 is 0.986 bits per heavy atom. The number of likely N-dealkylation sites (tertiary alicyclic amines) is 2. The third-order valence-electron chi connectivity index (χ3n) is 13.1. The van der Waals surface area contributed by atoms with Crippen LogP contribution in [0.25, 0.3) is 42.0 Å². The SMILES string of the molecule is C[C@@H]1C[C@H](c2cc3cc(Cl)ccc3s2)CCN1C[C@H](O)COc1cccc2[nH]ccc12.C[C@H]1C[C@@H](c2cc3cc(Cl)ccc3s2)CCN1C[C@H](O)COc1cccc2[nH]ccc12.O=C(O)C(=O)O.O=C(O)C(=O)O. The minimum Gasteiger partial charge on any atom is -0.490 e. The maximum absolute atomic E-state index is 10.6. The molecular formula is C54H58Cl2N4O12S2. The summed E-state index contributed by atoms with van der Waals surface area (Å²) in [6, 6.07) is 33.7. The van der Waals surface area contributed by atoms with Crippen molar-refractivity contribution in [1.82, 2.24) is 19.8 Å². The lowest BCUT2D eigenvalue weighted by Crippen LogP contribution is -2.45. The number of carboxylic acids is 4. The molecule has 2 aliphatic heterocycles. The number of carboxylic acid groups (broad SMARTS) is 4. The van der Waals surface area contributed by atoms with E-state index in [9.17, 15) is 10.2 Å². The van der Waals surface area contributed by atoms with Crippen molar-refractivity contribution in [3.05, 3.63) is 129 Å². The number of aromatic nitrogens is 2. The van der Waals surface area contributed by atoms with E-state index in [1.165, 1.54) is 29.9 Å². The number of aromatic amines is 2. The number of ether oxygens (including phenoxy) is 2. The fourth-order valence-electron chi connectivity index (χ4n) is 9.36. The smallest absolute Gasteiger partial charge is 0.414 e. The van der Waals surface area contributed by atoms with Crippen LogP contribution in [0.4, 0.5) is 0 Å².